The van der Waals surface area contributed by atoms with Gasteiger partial charge < -0.3 is 10.8 Å². The lowest BCUT2D eigenvalue weighted by Crippen LogP contribution is -2.38. The van der Waals surface area contributed by atoms with Gasteiger partial charge in [-0.2, -0.15) is 0 Å². The standard InChI is InChI=1S/C14H21NO/c1-9-6-11(3)13(7-10(9)2)14(16,8-15)12-4-5-12/h6-7,12,16H,4-5,8,15H2,1-3H3. The van der Waals surface area contributed by atoms with Gasteiger partial charge in [0.2, 0.25) is 0 Å². The normalized spacial score (nSPS) is 19.6. The quantitative estimate of drug-likeness (QED) is 0.818. The van der Waals surface area contributed by atoms with Crippen LogP contribution in [-0.2, 0) is 5.60 Å². The molecule has 3 N–H and O–H groups in total. The summed E-state index contributed by atoms with van der Waals surface area (Å²) in [4.78, 5) is 0. The van der Waals surface area contributed by atoms with E-state index in [2.05, 4.69) is 32.9 Å². The number of aliphatic hydroxyl groups is 1. The molecule has 2 rings (SSSR count). The van der Waals surface area contributed by atoms with Crippen molar-refractivity contribution < 1.29 is 5.11 Å². The van der Waals surface area contributed by atoms with Gasteiger partial charge in [0.05, 0.1) is 0 Å². The van der Waals surface area contributed by atoms with Crippen LogP contribution < -0.4 is 5.73 Å². The Hall–Kier alpha value is -0.860. The van der Waals surface area contributed by atoms with Crippen molar-refractivity contribution in [1.82, 2.24) is 0 Å². The highest BCUT2D eigenvalue weighted by Crippen LogP contribution is 2.46. The van der Waals surface area contributed by atoms with E-state index in [1.807, 2.05) is 0 Å². The van der Waals surface area contributed by atoms with Crippen LogP contribution in [0.2, 0.25) is 0 Å². The minimum atomic E-state index is -0.803. The average molecular weight is 219 g/mol. The van der Waals surface area contributed by atoms with Crippen molar-refractivity contribution >= 4 is 0 Å². The molecule has 1 saturated carbocycles. The summed E-state index contributed by atoms with van der Waals surface area (Å²) in [5, 5.41) is 10.7. The Morgan fingerprint density at radius 1 is 1.19 bits per heavy atom. The molecule has 0 radical (unpaired) electrons. The Balaban J connectivity index is 2.49. The van der Waals surface area contributed by atoms with Crippen molar-refractivity contribution in [2.24, 2.45) is 11.7 Å². The zero-order valence-electron chi connectivity index (χ0n) is 10.4. The number of aryl methyl sites for hydroxylation is 3. The molecule has 1 aromatic carbocycles. The molecule has 1 aromatic rings. The van der Waals surface area contributed by atoms with Gasteiger partial charge in [-0.05, 0) is 61.8 Å². The van der Waals surface area contributed by atoms with E-state index in [0.717, 1.165) is 24.0 Å². The SMILES string of the molecule is Cc1cc(C)c(C(O)(CN)C2CC2)cc1C. The van der Waals surface area contributed by atoms with Crippen LogP contribution in [0.4, 0.5) is 0 Å². The summed E-state index contributed by atoms with van der Waals surface area (Å²) in [6.07, 6.45) is 2.19. The van der Waals surface area contributed by atoms with E-state index < -0.39 is 5.60 Å². The lowest BCUT2D eigenvalue weighted by molar-refractivity contribution is 0.0215. The Morgan fingerprint density at radius 3 is 2.25 bits per heavy atom. The van der Waals surface area contributed by atoms with Crippen LogP contribution in [0.5, 0.6) is 0 Å². The molecule has 88 valence electrons. The topological polar surface area (TPSA) is 46.2 Å². The van der Waals surface area contributed by atoms with Gasteiger partial charge in [-0.15, -0.1) is 0 Å². The van der Waals surface area contributed by atoms with Crippen molar-refractivity contribution in [3.63, 3.8) is 0 Å². The molecular formula is C14H21NO. The molecule has 0 saturated heterocycles. The third-order valence-corrected chi connectivity index (χ3v) is 3.87. The van der Waals surface area contributed by atoms with Crippen molar-refractivity contribution in [1.29, 1.82) is 0 Å². The van der Waals surface area contributed by atoms with Crippen molar-refractivity contribution in [2.45, 2.75) is 39.2 Å². The van der Waals surface area contributed by atoms with Crippen LogP contribution in [-0.4, -0.2) is 11.7 Å². The molecule has 0 amide bonds. The molecule has 0 aliphatic heterocycles. The van der Waals surface area contributed by atoms with Gasteiger partial charge in [0.25, 0.3) is 0 Å². The Kier molecular flexibility index (Phi) is 2.81. The Bertz CT molecular complexity index is 409. The van der Waals surface area contributed by atoms with Gasteiger partial charge in [-0.1, -0.05) is 12.1 Å². The number of hydrogen-bond acceptors (Lipinski definition) is 2. The van der Waals surface area contributed by atoms with Crippen LogP contribution in [0.1, 0.15) is 35.1 Å². The Morgan fingerprint density at radius 2 is 1.75 bits per heavy atom. The maximum absolute atomic E-state index is 10.7. The van der Waals surface area contributed by atoms with Crippen molar-refractivity contribution in [3.8, 4) is 0 Å². The number of nitrogens with two attached hydrogens (primary N) is 1. The maximum atomic E-state index is 10.7. The van der Waals surface area contributed by atoms with Crippen molar-refractivity contribution in [3.05, 3.63) is 34.4 Å². The van der Waals surface area contributed by atoms with Crippen LogP contribution >= 0.6 is 0 Å². The zero-order valence-corrected chi connectivity index (χ0v) is 10.4. The fourth-order valence-corrected chi connectivity index (χ4v) is 2.48. The first-order chi connectivity index (χ1) is 7.49. The second-order valence-corrected chi connectivity index (χ2v) is 5.15. The van der Waals surface area contributed by atoms with E-state index in [1.54, 1.807) is 0 Å². The van der Waals surface area contributed by atoms with E-state index in [0.29, 0.717) is 12.5 Å². The molecule has 1 aliphatic rings. The molecule has 0 bridgehead atoms. The first-order valence-electron chi connectivity index (χ1n) is 6.00. The summed E-state index contributed by atoms with van der Waals surface area (Å²) in [5.74, 6) is 0.360. The molecule has 1 unspecified atom stereocenters. The molecule has 1 atom stereocenters. The molecule has 0 aromatic heterocycles. The average Bonchev–Trinajstić information content (AvgIpc) is 3.06. The number of hydrogen-bond donors (Lipinski definition) is 2. The molecule has 0 heterocycles. The second kappa shape index (κ2) is 3.86. The number of rotatable bonds is 3. The van der Waals surface area contributed by atoms with Gasteiger partial charge in [0.15, 0.2) is 0 Å². The smallest absolute Gasteiger partial charge is 0.105 e. The maximum Gasteiger partial charge on any atom is 0.105 e. The molecule has 1 fully saturated rings. The molecule has 2 heteroatoms. The minimum absolute atomic E-state index is 0.320. The minimum Gasteiger partial charge on any atom is -0.384 e. The fraction of sp³-hybridized carbons (Fsp3) is 0.571. The fourth-order valence-electron chi connectivity index (χ4n) is 2.48. The molecular weight excluding hydrogens is 198 g/mol. The van der Waals surface area contributed by atoms with E-state index in [9.17, 15) is 5.11 Å². The lowest BCUT2D eigenvalue weighted by Gasteiger charge is -2.29. The predicted octanol–water partition coefficient (Wildman–Crippen LogP) is 2.17. The number of benzene rings is 1. The first kappa shape index (κ1) is 11.6. The molecule has 2 nitrogen and oxygen atoms in total. The summed E-state index contributed by atoms with van der Waals surface area (Å²) in [6, 6.07) is 4.25. The molecule has 0 spiro atoms. The highest BCUT2D eigenvalue weighted by atomic mass is 16.3. The van der Waals surface area contributed by atoms with Crippen LogP contribution in [0.25, 0.3) is 0 Å². The van der Waals surface area contributed by atoms with Crippen molar-refractivity contribution in [2.75, 3.05) is 6.54 Å². The van der Waals surface area contributed by atoms with Gasteiger partial charge in [0.1, 0.15) is 5.60 Å². The second-order valence-electron chi connectivity index (χ2n) is 5.15. The van der Waals surface area contributed by atoms with Gasteiger partial charge >= 0.3 is 0 Å². The lowest BCUT2D eigenvalue weighted by atomic mass is 9.84. The highest BCUT2D eigenvalue weighted by Gasteiger charge is 2.44. The van der Waals surface area contributed by atoms with Gasteiger partial charge in [0, 0.05) is 6.54 Å². The van der Waals surface area contributed by atoms with Gasteiger partial charge in [-0.3, -0.25) is 0 Å². The van der Waals surface area contributed by atoms with E-state index in [-0.39, 0.29) is 0 Å². The third-order valence-electron chi connectivity index (χ3n) is 3.87. The van der Waals surface area contributed by atoms with Crippen LogP contribution in [0, 0.1) is 26.7 Å². The van der Waals surface area contributed by atoms with E-state index in [1.165, 1.54) is 11.1 Å². The highest BCUT2D eigenvalue weighted by molar-refractivity contribution is 5.40. The Labute approximate surface area is 97.5 Å². The predicted molar refractivity (Wildman–Crippen MR) is 66.3 cm³/mol. The van der Waals surface area contributed by atoms with Gasteiger partial charge in [-0.25, -0.2) is 0 Å². The molecule has 16 heavy (non-hydrogen) atoms. The summed E-state index contributed by atoms with van der Waals surface area (Å²) in [7, 11) is 0. The summed E-state index contributed by atoms with van der Waals surface area (Å²) < 4.78 is 0. The first-order valence-corrected chi connectivity index (χ1v) is 6.00. The summed E-state index contributed by atoms with van der Waals surface area (Å²) >= 11 is 0. The molecule has 1 aliphatic carbocycles. The van der Waals surface area contributed by atoms with E-state index in [4.69, 9.17) is 5.73 Å². The zero-order chi connectivity index (χ0) is 11.9. The monoisotopic (exact) mass is 219 g/mol. The summed E-state index contributed by atoms with van der Waals surface area (Å²) in [5.41, 5.74) is 9.67. The third kappa shape index (κ3) is 1.76. The van der Waals surface area contributed by atoms with E-state index >= 15 is 0 Å². The largest absolute Gasteiger partial charge is 0.384 e. The van der Waals surface area contributed by atoms with Crippen LogP contribution in [0.3, 0.4) is 0 Å². The summed E-state index contributed by atoms with van der Waals surface area (Å²) in [6.45, 7) is 6.57. The van der Waals surface area contributed by atoms with Crippen LogP contribution in [0.15, 0.2) is 12.1 Å².